The van der Waals surface area contributed by atoms with Crippen molar-refractivity contribution in [2.24, 2.45) is 5.10 Å². The van der Waals surface area contributed by atoms with Gasteiger partial charge in [0.15, 0.2) is 0 Å². The molecular weight excluding hydrogens is 378 g/mol. The molecule has 0 saturated heterocycles. The minimum absolute atomic E-state index is 0.344. The van der Waals surface area contributed by atoms with Crippen LogP contribution >= 0.6 is 0 Å². The second kappa shape index (κ2) is 8.11. The summed E-state index contributed by atoms with van der Waals surface area (Å²) in [5.41, 5.74) is 5.65. The fourth-order valence-electron chi connectivity index (χ4n) is 4.26. The molecular formula is C28H25N3. The molecule has 5 aromatic rings. The van der Waals surface area contributed by atoms with Crippen molar-refractivity contribution >= 4 is 39.4 Å². The molecule has 0 bridgehead atoms. The molecule has 152 valence electrons. The molecule has 0 fully saturated rings. The molecule has 0 N–H and O–H groups in total. The van der Waals surface area contributed by atoms with Crippen LogP contribution in [-0.4, -0.2) is 10.8 Å². The van der Waals surface area contributed by atoms with E-state index >= 15 is 0 Å². The molecule has 31 heavy (non-hydrogen) atoms. The van der Waals surface area contributed by atoms with Crippen LogP contribution in [0.4, 0.5) is 11.4 Å². The van der Waals surface area contributed by atoms with Gasteiger partial charge in [-0.25, -0.2) is 5.01 Å². The summed E-state index contributed by atoms with van der Waals surface area (Å²) in [5, 5.41) is 9.48. The summed E-state index contributed by atoms with van der Waals surface area (Å²) < 4.78 is 2.42. The summed E-state index contributed by atoms with van der Waals surface area (Å²) in [6.45, 7) is 4.47. The van der Waals surface area contributed by atoms with Gasteiger partial charge < -0.3 is 4.57 Å². The lowest BCUT2D eigenvalue weighted by atomic mass is 10.1. The third-order valence-corrected chi connectivity index (χ3v) is 5.59. The number of hydrogen-bond donors (Lipinski definition) is 0. The van der Waals surface area contributed by atoms with Gasteiger partial charge in [-0.15, -0.1) is 0 Å². The van der Waals surface area contributed by atoms with Crippen LogP contribution < -0.4 is 5.01 Å². The van der Waals surface area contributed by atoms with Crippen LogP contribution in [0.2, 0.25) is 0 Å². The smallest absolute Gasteiger partial charge is 0.0652 e. The topological polar surface area (TPSA) is 20.5 Å². The SMILES string of the molecule is CC(C)n1c2ccccc2c2cccc(C=NN(c3ccccc3)c3ccccc3)c21. The van der Waals surface area contributed by atoms with E-state index in [4.69, 9.17) is 5.10 Å². The molecule has 0 amide bonds. The van der Waals surface area contributed by atoms with Crippen LogP contribution in [0.1, 0.15) is 25.5 Å². The molecule has 0 aliphatic carbocycles. The van der Waals surface area contributed by atoms with Crippen molar-refractivity contribution in [2.45, 2.75) is 19.9 Å². The van der Waals surface area contributed by atoms with Gasteiger partial charge in [-0.05, 0) is 44.2 Å². The number of para-hydroxylation sites is 4. The van der Waals surface area contributed by atoms with Crippen molar-refractivity contribution in [3.05, 3.63) is 109 Å². The Balaban J connectivity index is 1.69. The van der Waals surface area contributed by atoms with Gasteiger partial charge in [0.25, 0.3) is 0 Å². The summed E-state index contributed by atoms with van der Waals surface area (Å²) in [5.74, 6) is 0. The van der Waals surface area contributed by atoms with Gasteiger partial charge in [0.1, 0.15) is 0 Å². The van der Waals surface area contributed by atoms with Crippen LogP contribution in [0, 0.1) is 0 Å². The molecule has 0 saturated carbocycles. The van der Waals surface area contributed by atoms with E-state index in [0.29, 0.717) is 6.04 Å². The lowest BCUT2D eigenvalue weighted by Gasteiger charge is -2.19. The average molecular weight is 404 g/mol. The summed E-state index contributed by atoms with van der Waals surface area (Å²) in [6.07, 6.45) is 1.99. The van der Waals surface area contributed by atoms with E-state index in [0.717, 1.165) is 16.9 Å². The lowest BCUT2D eigenvalue weighted by Crippen LogP contribution is -2.09. The van der Waals surface area contributed by atoms with Crippen LogP contribution in [0.5, 0.6) is 0 Å². The lowest BCUT2D eigenvalue weighted by molar-refractivity contribution is 0.642. The average Bonchev–Trinajstić information content (AvgIpc) is 3.16. The number of aromatic nitrogens is 1. The van der Waals surface area contributed by atoms with E-state index in [1.807, 2.05) is 47.6 Å². The monoisotopic (exact) mass is 403 g/mol. The Bertz CT molecular complexity index is 1310. The fourth-order valence-corrected chi connectivity index (χ4v) is 4.26. The minimum Gasteiger partial charge on any atom is -0.337 e. The summed E-state index contributed by atoms with van der Waals surface area (Å²) in [6, 6.07) is 36.0. The van der Waals surface area contributed by atoms with Crippen LogP contribution in [0.15, 0.2) is 108 Å². The molecule has 3 nitrogen and oxygen atoms in total. The van der Waals surface area contributed by atoms with Gasteiger partial charge in [0, 0.05) is 27.9 Å². The van der Waals surface area contributed by atoms with Gasteiger partial charge >= 0.3 is 0 Å². The van der Waals surface area contributed by atoms with Gasteiger partial charge in [-0.3, -0.25) is 0 Å². The van der Waals surface area contributed by atoms with Crippen LogP contribution in [0.3, 0.4) is 0 Å². The molecule has 1 heterocycles. The first kappa shape index (κ1) is 19.1. The third kappa shape index (κ3) is 3.49. The molecule has 0 radical (unpaired) electrons. The second-order valence-electron chi connectivity index (χ2n) is 7.95. The van der Waals surface area contributed by atoms with Crippen molar-refractivity contribution in [3.8, 4) is 0 Å². The minimum atomic E-state index is 0.344. The van der Waals surface area contributed by atoms with Crippen molar-refractivity contribution in [1.29, 1.82) is 0 Å². The van der Waals surface area contributed by atoms with Crippen LogP contribution in [-0.2, 0) is 0 Å². The molecule has 0 unspecified atom stereocenters. The number of hydrazone groups is 1. The highest BCUT2D eigenvalue weighted by atomic mass is 15.5. The number of benzene rings is 4. The van der Waals surface area contributed by atoms with E-state index in [9.17, 15) is 0 Å². The Labute approximate surface area is 182 Å². The first-order valence-electron chi connectivity index (χ1n) is 10.7. The number of fused-ring (bicyclic) bond motifs is 3. The molecule has 1 aromatic heterocycles. The number of rotatable bonds is 5. The Hall–Kier alpha value is -3.85. The highest BCUT2D eigenvalue weighted by molar-refractivity contribution is 6.13. The van der Waals surface area contributed by atoms with Gasteiger partial charge in [0.05, 0.1) is 23.1 Å². The molecule has 4 aromatic carbocycles. The normalized spacial score (nSPS) is 11.7. The molecule has 0 aliphatic heterocycles. The zero-order valence-electron chi connectivity index (χ0n) is 17.8. The number of hydrogen-bond acceptors (Lipinski definition) is 2. The highest BCUT2D eigenvalue weighted by Crippen LogP contribution is 2.33. The zero-order valence-corrected chi connectivity index (χ0v) is 17.8. The maximum absolute atomic E-state index is 4.95. The first-order valence-corrected chi connectivity index (χ1v) is 10.7. The van der Waals surface area contributed by atoms with E-state index in [1.165, 1.54) is 21.8 Å². The quantitative estimate of drug-likeness (QED) is 0.219. The van der Waals surface area contributed by atoms with Crippen molar-refractivity contribution < 1.29 is 0 Å². The molecule has 5 rings (SSSR count). The van der Waals surface area contributed by atoms with Crippen molar-refractivity contribution in [3.63, 3.8) is 0 Å². The molecule has 0 spiro atoms. The Kier molecular flexibility index (Phi) is 5.01. The predicted octanol–water partition coefficient (Wildman–Crippen LogP) is 7.55. The number of anilines is 2. The molecule has 3 heteroatoms. The second-order valence-corrected chi connectivity index (χ2v) is 7.95. The summed E-state index contributed by atoms with van der Waals surface area (Å²) >= 11 is 0. The van der Waals surface area contributed by atoms with E-state index in [-0.39, 0.29) is 0 Å². The van der Waals surface area contributed by atoms with Crippen LogP contribution in [0.25, 0.3) is 21.8 Å². The maximum atomic E-state index is 4.95. The fraction of sp³-hybridized carbons (Fsp3) is 0.107. The molecule has 0 aliphatic rings. The Morgan fingerprint density at radius 2 is 1.26 bits per heavy atom. The first-order chi connectivity index (χ1) is 15.2. The largest absolute Gasteiger partial charge is 0.337 e. The summed E-state index contributed by atoms with van der Waals surface area (Å²) in [4.78, 5) is 0. The predicted molar refractivity (Wildman–Crippen MR) is 132 cm³/mol. The standard InChI is InChI=1S/C28H25N3/c1-21(2)30-27-19-10-9-17-25(27)26-18-11-12-22(28(26)30)20-29-31(23-13-5-3-6-14-23)24-15-7-4-8-16-24/h3-21H,1-2H3. The number of nitrogens with zero attached hydrogens (tertiary/aromatic N) is 3. The Morgan fingerprint density at radius 3 is 1.90 bits per heavy atom. The van der Waals surface area contributed by atoms with E-state index in [1.54, 1.807) is 0 Å². The Morgan fingerprint density at radius 1 is 0.677 bits per heavy atom. The van der Waals surface area contributed by atoms with Gasteiger partial charge in [-0.1, -0.05) is 72.8 Å². The van der Waals surface area contributed by atoms with Gasteiger partial charge in [-0.2, -0.15) is 5.10 Å². The van der Waals surface area contributed by atoms with Crippen molar-refractivity contribution in [2.75, 3.05) is 5.01 Å². The third-order valence-electron chi connectivity index (χ3n) is 5.59. The van der Waals surface area contributed by atoms with Gasteiger partial charge in [0.2, 0.25) is 0 Å². The zero-order chi connectivity index (χ0) is 21.2. The summed E-state index contributed by atoms with van der Waals surface area (Å²) in [7, 11) is 0. The highest BCUT2D eigenvalue weighted by Gasteiger charge is 2.15. The molecule has 0 atom stereocenters. The van der Waals surface area contributed by atoms with E-state index < -0.39 is 0 Å². The maximum Gasteiger partial charge on any atom is 0.0652 e. The van der Waals surface area contributed by atoms with Crippen molar-refractivity contribution in [1.82, 2.24) is 4.57 Å². The van der Waals surface area contributed by atoms with E-state index in [2.05, 4.69) is 85.1 Å².